The first-order valence-electron chi connectivity index (χ1n) is 6.47. The SMILES string of the molecule is CCNc1nc(C)nc(NCc2sccc2C)c1C. The maximum Gasteiger partial charge on any atom is 0.135 e. The Balaban J connectivity index is 2.18. The molecule has 102 valence electrons. The standard InChI is InChI=1S/C14H20N4S/c1-5-15-13-10(3)14(18-11(4)17-13)16-8-12-9(2)6-7-19-12/h6-7H,5,8H2,1-4H3,(H2,15,16,17,18). The largest absolute Gasteiger partial charge is 0.370 e. The van der Waals surface area contributed by atoms with Gasteiger partial charge >= 0.3 is 0 Å². The summed E-state index contributed by atoms with van der Waals surface area (Å²) in [5, 5.41) is 8.81. The summed E-state index contributed by atoms with van der Waals surface area (Å²) in [4.78, 5) is 10.3. The van der Waals surface area contributed by atoms with E-state index in [0.29, 0.717) is 0 Å². The molecule has 5 heteroatoms. The third-order valence-corrected chi connectivity index (χ3v) is 4.01. The van der Waals surface area contributed by atoms with Gasteiger partial charge in [-0.1, -0.05) is 0 Å². The van der Waals surface area contributed by atoms with E-state index >= 15 is 0 Å². The van der Waals surface area contributed by atoms with Crippen molar-refractivity contribution in [3.63, 3.8) is 0 Å². The monoisotopic (exact) mass is 276 g/mol. The topological polar surface area (TPSA) is 49.8 Å². The Morgan fingerprint density at radius 3 is 2.37 bits per heavy atom. The van der Waals surface area contributed by atoms with Crippen LogP contribution in [-0.4, -0.2) is 16.5 Å². The van der Waals surface area contributed by atoms with Crippen LogP contribution in [0.4, 0.5) is 11.6 Å². The quantitative estimate of drug-likeness (QED) is 0.877. The molecule has 0 bridgehead atoms. The Bertz CT molecular complexity index is 563. The molecular formula is C14H20N4S. The van der Waals surface area contributed by atoms with Crippen molar-refractivity contribution in [3.8, 4) is 0 Å². The molecule has 2 heterocycles. The molecule has 0 unspecified atom stereocenters. The normalized spacial score (nSPS) is 10.5. The molecule has 0 aliphatic carbocycles. The third-order valence-electron chi connectivity index (χ3n) is 2.99. The zero-order valence-corrected chi connectivity index (χ0v) is 12.7. The lowest BCUT2D eigenvalue weighted by molar-refractivity contribution is 0.995. The molecule has 0 aliphatic heterocycles. The van der Waals surface area contributed by atoms with Crippen LogP contribution in [0.2, 0.25) is 0 Å². The average Bonchev–Trinajstić information content (AvgIpc) is 2.77. The molecule has 0 saturated carbocycles. The maximum atomic E-state index is 4.49. The summed E-state index contributed by atoms with van der Waals surface area (Å²) in [6, 6.07) is 2.14. The minimum absolute atomic E-state index is 0.784. The molecular weight excluding hydrogens is 256 g/mol. The minimum Gasteiger partial charge on any atom is -0.370 e. The van der Waals surface area contributed by atoms with Gasteiger partial charge in [0.25, 0.3) is 0 Å². The molecule has 2 N–H and O–H groups in total. The van der Waals surface area contributed by atoms with Crippen LogP contribution in [0.3, 0.4) is 0 Å². The number of rotatable bonds is 5. The zero-order chi connectivity index (χ0) is 13.8. The summed E-state index contributed by atoms with van der Waals surface area (Å²) in [5.41, 5.74) is 2.40. The van der Waals surface area contributed by atoms with E-state index in [-0.39, 0.29) is 0 Å². The Morgan fingerprint density at radius 1 is 1.11 bits per heavy atom. The first-order valence-corrected chi connectivity index (χ1v) is 7.35. The van der Waals surface area contributed by atoms with Crippen molar-refractivity contribution in [3.05, 3.63) is 33.3 Å². The number of anilines is 2. The molecule has 0 aromatic carbocycles. The fourth-order valence-electron chi connectivity index (χ4n) is 1.89. The van der Waals surface area contributed by atoms with Crippen LogP contribution in [0.25, 0.3) is 0 Å². The fraction of sp³-hybridized carbons (Fsp3) is 0.429. The maximum absolute atomic E-state index is 4.49. The van der Waals surface area contributed by atoms with Crippen LogP contribution < -0.4 is 10.6 Å². The van der Waals surface area contributed by atoms with E-state index in [0.717, 1.165) is 36.1 Å². The smallest absolute Gasteiger partial charge is 0.135 e. The zero-order valence-electron chi connectivity index (χ0n) is 11.9. The summed E-state index contributed by atoms with van der Waals surface area (Å²) in [6.07, 6.45) is 0. The van der Waals surface area contributed by atoms with Crippen LogP contribution in [0.1, 0.15) is 28.8 Å². The van der Waals surface area contributed by atoms with Gasteiger partial charge in [0.1, 0.15) is 17.5 Å². The second-order valence-electron chi connectivity index (χ2n) is 4.50. The predicted octanol–water partition coefficient (Wildman–Crippen LogP) is 3.51. The summed E-state index contributed by atoms with van der Waals surface area (Å²) < 4.78 is 0. The van der Waals surface area contributed by atoms with E-state index in [1.165, 1.54) is 10.4 Å². The van der Waals surface area contributed by atoms with E-state index in [9.17, 15) is 0 Å². The molecule has 2 aromatic heterocycles. The Hall–Kier alpha value is -1.62. The Kier molecular flexibility index (Phi) is 4.37. The van der Waals surface area contributed by atoms with Crippen LogP contribution in [0.15, 0.2) is 11.4 Å². The van der Waals surface area contributed by atoms with E-state index < -0.39 is 0 Å². The van der Waals surface area contributed by atoms with Crippen LogP contribution >= 0.6 is 11.3 Å². The van der Waals surface area contributed by atoms with Crippen molar-refractivity contribution in [1.82, 2.24) is 9.97 Å². The van der Waals surface area contributed by atoms with E-state index in [1.807, 2.05) is 13.8 Å². The molecule has 19 heavy (non-hydrogen) atoms. The third kappa shape index (κ3) is 3.23. The van der Waals surface area contributed by atoms with Gasteiger partial charge in [0.05, 0.1) is 6.54 Å². The molecule has 2 rings (SSSR count). The van der Waals surface area contributed by atoms with Crippen molar-refractivity contribution in [2.24, 2.45) is 0 Å². The highest BCUT2D eigenvalue weighted by atomic mass is 32.1. The molecule has 0 saturated heterocycles. The van der Waals surface area contributed by atoms with Gasteiger partial charge in [0.15, 0.2) is 0 Å². The summed E-state index contributed by atoms with van der Waals surface area (Å²) in [6.45, 7) is 9.84. The van der Waals surface area contributed by atoms with E-state index in [2.05, 4.69) is 45.9 Å². The fourth-order valence-corrected chi connectivity index (χ4v) is 2.74. The second-order valence-corrected chi connectivity index (χ2v) is 5.50. The van der Waals surface area contributed by atoms with Gasteiger partial charge in [0.2, 0.25) is 0 Å². The molecule has 0 amide bonds. The Morgan fingerprint density at radius 2 is 1.79 bits per heavy atom. The van der Waals surface area contributed by atoms with Crippen molar-refractivity contribution >= 4 is 23.0 Å². The average molecular weight is 276 g/mol. The van der Waals surface area contributed by atoms with Gasteiger partial charge in [-0.2, -0.15) is 0 Å². The molecule has 0 radical (unpaired) electrons. The highest BCUT2D eigenvalue weighted by Gasteiger charge is 2.09. The van der Waals surface area contributed by atoms with Crippen molar-refractivity contribution in [2.45, 2.75) is 34.2 Å². The number of aryl methyl sites for hydroxylation is 2. The number of thiophene rings is 1. The molecule has 0 aliphatic rings. The lowest BCUT2D eigenvalue weighted by Gasteiger charge is -2.13. The minimum atomic E-state index is 0.784. The van der Waals surface area contributed by atoms with Crippen LogP contribution in [-0.2, 0) is 6.54 Å². The number of nitrogens with one attached hydrogen (secondary N) is 2. The van der Waals surface area contributed by atoms with Crippen molar-refractivity contribution in [1.29, 1.82) is 0 Å². The first-order chi connectivity index (χ1) is 9.11. The second kappa shape index (κ2) is 6.02. The molecule has 0 fully saturated rings. The summed E-state index contributed by atoms with van der Waals surface area (Å²) in [5.74, 6) is 2.61. The van der Waals surface area contributed by atoms with Gasteiger partial charge in [-0.15, -0.1) is 11.3 Å². The van der Waals surface area contributed by atoms with Gasteiger partial charge in [0, 0.05) is 17.0 Å². The summed E-state index contributed by atoms with van der Waals surface area (Å²) >= 11 is 1.77. The first kappa shape index (κ1) is 13.8. The highest BCUT2D eigenvalue weighted by molar-refractivity contribution is 7.10. The molecule has 0 spiro atoms. The van der Waals surface area contributed by atoms with Gasteiger partial charge in [-0.3, -0.25) is 0 Å². The lowest BCUT2D eigenvalue weighted by Crippen LogP contribution is -2.09. The number of hydrogen-bond donors (Lipinski definition) is 2. The van der Waals surface area contributed by atoms with Crippen LogP contribution in [0.5, 0.6) is 0 Å². The van der Waals surface area contributed by atoms with Gasteiger partial charge < -0.3 is 10.6 Å². The van der Waals surface area contributed by atoms with Crippen LogP contribution in [0, 0.1) is 20.8 Å². The Labute approximate surface area is 118 Å². The number of hydrogen-bond acceptors (Lipinski definition) is 5. The van der Waals surface area contributed by atoms with Gasteiger partial charge in [-0.25, -0.2) is 9.97 Å². The number of nitrogens with zero attached hydrogens (tertiary/aromatic N) is 2. The lowest BCUT2D eigenvalue weighted by atomic mass is 10.2. The van der Waals surface area contributed by atoms with E-state index in [1.54, 1.807) is 11.3 Å². The van der Waals surface area contributed by atoms with Crippen molar-refractivity contribution in [2.75, 3.05) is 17.2 Å². The predicted molar refractivity (Wildman–Crippen MR) is 82.1 cm³/mol. The molecule has 2 aromatic rings. The molecule has 0 atom stereocenters. The van der Waals surface area contributed by atoms with Crippen molar-refractivity contribution < 1.29 is 0 Å². The van der Waals surface area contributed by atoms with Gasteiger partial charge in [-0.05, 0) is 44.7 Å². The summed E-state index contributed by atoms with van der Waals surface area (Å²) in [7, 11) is 0. The highest BCUT2D eigenvalue weighted by Crippen LogP contribution is 2.22. The molecule has 4 nitrogen and oxygen atoms in total. The number of aromatic nitrogens is 2. The van der Waals surface area contributed by atoms with E-state index in [4.69, 9.17) is 0 Å².